The predicted octanol–water partition coefficient (Wildman–Crippen LogP) is 2.07. The first-order chi connectivity index (χ1) is 8.40. The van der Waals surface area contributed by atoms with E-state index in [4.69, 9.17) is 0 Å². The van der Waals surface area contributed by atoms with Crippen LogP contribution in [-0.4, -0.2) is 30.5 Å². The average molecular weight is 260 g/mol. The van der Waals surface area contributed by atoms with Crippen LogP contribution in [0.15, 0.2) is 0 Å². The standard InChI is InChI=1S/C13H22F2N2O/c1-12(6-8-16-9-7-12)17-11(18)10-2-4-13(14,15)5-3-10/h10,16H,2-9H2,1H3,(H,17,18). The van der Waals surface area contributed by atoms with Gasteiger partial charge in [0.05, 0.1) is 0 Å². The van der Waals surface area contributed by atoms with Gasteiger partial charge in [-0.05, 0) is 45.7 Å². The first-order valence-corrected chi connectivity index (χ1v) is 6.81. The zero-order valence-electron chi connectivity index (χ0n) is 10.9. The molecule has 0 spiro atoms. The minimum atomic E-state index is -2.56. The molecule has 18 heavy (non-hydrogen) atoms. The summed E-state index contributed by atoms with van der Waals surface area (Å²) in [4.78, 5) is 12.1. The maximum atomic E-state index is 13.0. The van der Waals surface area contributed by atoms with Crippen LogP contribution in [0.3, 0.4) is 0 Å². The summed E-state index contributed by atoms with van der Waals surface area (Å²) >= 11 is 0. The first-order valence-electron chi connectivity index (χ1n) is 6.81. The Morgan fingerprint density at radius 1 is 1.17 bits per heavy atom. The summed E-state index contributed by atoms with van der Waals surface area (Å²) in [5, 5.41) is 6.32. The van der Waals surface area contributed by atoms with Crippen LogP contribution in [0.2, 0.25) is 0 Å². The van der Waals surface area contributed by atoms with E-state index in [1.165, 1.54) is 0 Å². The molecule has 1 saturated heterocycles. The number of carbonyl (C=O) groups is 1. The van der Waals surface area contributed by atoms with Gasteiger partial charge in [0.1, 0.15) is 0 Å². The molecule has 3 nitrogen and oxygen atoms in total. The summed E-state index contributed by atoms with van der Waals surface area (Å²) in [5.74, 6) is -2.82. The largest absolute Gasteiger partial charge is 0.351 e. The quantitative estimate of drug-likeness (QED) is 0.798. The number of hydrogen-bond donors (Lipinski definition) is 2. The molecule has 1 aliphatic heterocycles. The molecule has 5 heteroatoms. The Labute approximate surface area is 107 Å². The molecule has 0 aromatic heterocycles. The predicted molar refractivity (Wildman–Crippen MR) is 65.6 cm³/mol. The van der Waals surface area contributed by atoms with Crippen molar-refractivity contribution in [2.24, 2.45) is 5.92 Å². The Bertz CT molecular complexity index is 304. The second kappa shape index (κ2) is 5.11. The van der Waals surface area contributed by atoms with Crippen LogP contribution in [0.1, 0.15) is 45.4 Å². The van der Waals surface area contributed by atoms with E-state index < -0.39 is 5.92 Å². The second-order valence-electron chi connectivity index (χ2n) is 5.93. The van der Waals surface area contributed by atoms with Gasteiger partial charge in [-0.3, -0.25) is 4.79 Å². The summed E-state index contributed by atoms with van der Waals surface area (Å²) in [7, 11) is 0. The second-order valence-corrected chi connectivity index (χ2v) is 5.93. The molecule has 104 valence electrons. The minimum absolute atomic E-state index is 0.0325. The van der Waals surface area contributed by atoms with Gasteiger partial charge in [-0.25, -0.2) is 8.78 Å². The summed E-state index contributed by atoms with van der Waals surface area (Å²) < 4.78 is 26.1. The third-order valence-electron chi connectivity index (χ3n) is 4.22. The first kappa shape index (κ1) is 13.7. The normalized spacial score (nSPS) is 27.7. The molecule has 0 radical (unpaired) electrons. The molecule has 1 heterocycles. The summed E-state index contributed by atoms with van der Waals surface area (Å²) in [6.07, 6.45) is 2.14. The van der Waals surface area contributed by atoms with Gasteiger partial charge < -0.3 is 10.6 Å². The highest BCUT2D eigenvalue weighted by Gasteiger charge is 2.39. The summed E-state index contributed by atoms with van der Waals surface area (Å²) in [5.41, 5.74) is -0.164. The third kappa shape index (κ3) is 3.40. The molecule has 1 amide bonds. The monoisotopic (exact) mass is 260 g/mol. The number of amides is 1. The van der Waals surface area contributed by atoms with Crippen LogP contribution < -0.4 is 10.6 Å². The van der Waals surface area contributed by atoms with E-state index in [9.17, 15) is 13.6 Å². The van der Waals surface area contributed by atoms with E-state index in [-0.39, 0.29) is 30.2 Å². The van der Waals surface area contributed by atoms with Crippen molar-refractivity contribution in [2.75, 3.05) is 13.1 Å². The fraction of sp³-hybridized carbons (Fsp3) is 0.923. The molecular weight excluding hydrogens is 238 g/mol. The topological polar surface area (TPSA) is 41.1 Å². The van der Waals surface area contributed by atoms with Crippen molar-refractivity contribution < 1.29 is 13.6 Å². The van der Waals surface area contributed by atoms with Crippen molar-refractivity contribution >= 4 is 5.91 Å². The van der Waals surface area contributed by atoms with Crippen LogP contribution >= 0.6 is 0 Å². The lowest BCUT2D eigenvalue weighted by Gasteiger charge is -2.37. The van der Waals surface area contributed by atoms with Crippen molar-refractivity contribution in [3.63, 3.8) is 0 Å². The highest BCUT2D eigenvalue weighted by atomic mass is 19.3. The number of hydrogen-bond acceptors (Lipinski definition) is 2. The number of rotatable bonds is 2. The molecule has 0 atom stereocenters. The van der Waals surface area contributed by atoms with Crippen molar-refractivity contribution in [3.8, 4) is 0 Å². The maximum Gasteiger partial charge on any atom is 0.248 e. The lowest BCUT2D eigenvalue weighted by molar-refractivity contribution is -0.131. The Balaban J connectivity index is 1.85. The van der Waals surface area contributed by atoms with Gasteiger partial charge in [-0.15, -0.1) is 0 Å². The van der Waals surface area contributed by atoms with Crippen molar-refractivity contribution in [2.45, 2.75) is 56.9 Å². The molecule has 2 rings (SSSR count). The fourth-order valence-corrected chi connectivity index (χ4v) is 2.81. The Morgan fingerprint density at radius 3 is 2.28 bits per heavy atom. The molecule has 2 fully saturated rings. The van der Waals surface area contributed by atoms with Crippen LogP contribution in [0.25, 0.3) is 0 Å². The molecule has 1 saturated carbocycles. The molecule has 2 N–H and O–H groups in total. The van der Waals surface area contributed by atoms with E-state index in [2.05, 4.69) is 10.6 Å². The summed E-state index contributed by atoms with van der Waals surface area (Å²) in [6, 6.07) is 0. The zero-order chi connectivity index (χ0) is 13.2. The Morgan fingerprint density at radius 2 is 1.72 bits per heavy atom. The SMILES string of the molecule is CC1(NC(=O)C2CCC(F)(F)CC2)CCNCC1. The number of piperidine rings is 1. The minimum Gasteiger partial charge on any atom is -0.351 e. The van der Waals surface area contributed by atoms with E-state index in [1.807, 2.05) is 6.92 Å². The maximum absolute atomic E-state index is 13.0. The molecule has 0 aromatic carbocycles. The molecular formula is C13H22F2N2O. The van der Waals surface area contributed by atoms with Crippen LogP contribution in [0.5, 0.6) is 0 Å². The van der Waals surface area contributed by atoms with Gasteiger partial charge in [-0.2, -0.15) is 0 Å². The summed E-state index contributed by atoms with van der Waals surface area (Å²) in [6.45, 7) is 3.85. The van der Waals surface area contributed by atoms with Crippen molar-refractivity contribution in [1.82, 2.24) is 10.6 Å². The number of alkyl halides is 2. The lowest BCUT2D eigenvalue weighted by Crippen LogP contribution is -2.54. The molecule has 0 aromatic rings. The highest BCUT2D eigenvalue weighted by Crippen LogP contribution is 2.36. The van der Waals surface area contributed by atoms with Crippen molar-refractivity contribution in [1.29, 1.82) is 0 Å². The number of halogens is 2. The zero-order valence-corrected chi connectivity index (χ0v) is 10.9. The van der Waals surface area contributed by atoms with Gasteiger partial charge in [-0.1, -0.05) is 0 Å². The van der Waals surface area contributed by atoms with E-state index in [1.54, 1.807) is 0 Å². The molecule has 0 bridgehead atoms. The van der Waals surface area contributed by atoms with Gasteiger partial charge >= 0.3 is 0 Å². The number of nitrogens with one attached hydrogen (secondary N) is 2. The number of carbonyl (C=O) groups excluding carboxylic acids is 1. The average Bonchev–Trinajstić information content (AvgIpc) is 2.29. The fourth-order valence-electron chi connectivity index (χ4n) is 2.81. The van der Waals surface area contributed by atoms with Crippen molar-refractivity contribution in [3.05, 3.63) is 0 Å². The lowest BCUT2D eigenvalue weighted by atomic mass is 9.84. The van der Waals surface area contributed by atoms with Gasteiger partial charge in [0.15, 0.2) is 0 Å². The van der Waals surface area contributed by atoms with Gasteiger partial charge in [0.2, 0.25) is 11.8 Å². The smallest absolute Gasteiger partial charge is 0.248 e. The Kier molecular flexibility index (Phi) is 3.90. The third-order valence-corrected chi connectivity index (χ3v) is 4.22. The van der Waals surface area contributed by atoms with Gasteiger partial charge in [0, 0.05) is 24.3 Å². The molecule has 2 aliphatic rings. The van der Waals surface area contributed by atoms with E-state index >= 15 is 0 Å². The van der Waals surface area contributed by atoms with Crippen LogP contribution in [0.4, 0.5) is 8.78 Å². The van der Waals surface area contributed by atoms with Crippen LogP contribution in [-0.2, 0) is 4.79 Å². The van der Waals surface area contributed by atoms with Gasteiger partial charge in [0.25, 0.3) is 0 Å². The van der Waals surface area contributed by atoms with E-state index in [0.717, 1.165) is 25.9 Å². The molecule has 1 aliphatic carbocycles. The van der Waals surface area contributed by atoms with Crippen LogP contribution in [0, 0.1) is 5.92 Å². The van der Waals surface area contributed by atoms with E-state index in [0.29, 0.717) is 12.8 Å². The Hall–Kier alpha value is -0.710. The molecule has 0 unspecified atom stereocenters. The highest BCUT2D eigenvalue weighted by molar-refractivity contribution is 5.79.